The zero-order valence-corrected chi connectivity index (χ0v) is 13.4. The molecule has 104 valence electrons. The van der Waals surface area contributed by atoms with Crippen LogP contribution >= 0.6 is 22.6 Å². The van der Waals surface area contributed by atoms with E-state index in [-0.39, 0.29) is 5.91 Å². The van der Waals surface area contributed by atoms with Crippen molar-refractivity contribution in [2.75, 3.05) is 18.2 Å². The normalized spacial score (nSPS) is 10.2. The third-order valence-electron chi connectivity index (χ3n) is 2.91. The van der Waals surface area contributed by atoms with Crippen molar-refractivity contribution in [3.63, 3.8) is 0 Å². The molecule has 0 aliphatic carbocycles. The molecule has 0 heterocycles. The minimum Gasteiger partial charge on any atom is -0.494 e. The van der Waals surface area contributed by atoms with E-state index >= 15 is 0 Å². The first-order chi connectivity index (χ1) is 9.52. The predicted molar refractivity (Wildman–Crippen MR) is 89.3 cm³/mol. The van der Waals surface area contributed by atoms with Gasteiger partial charge >= 0.3 is 0 Å². The monoisotopic (exact) mass is 382 g/mol. The zero-order valence-electron chi connectivity index (χ0n) is 11.2. The molecule has 1 amide bonds. The van der Waals surface area contributed by atoms with E-state index in [1.165, 1.54) is 0 Å². The molecule has 4 nitrogen and oxygen atoms in total. The predicted octanol–water partition coefficient (Wildman–Crippen LogP) is 3.44. The Labute approximate surface area is 131 Å². The first-order valence-electron chi connectivity index (χ1n) is 6.03. The summed E-state index contributed by atoms with van der Waals surface area (Å²) in [6.07, 6.45) is 0. The van der Waals surface area contributed by atoms with E-state index in [2.05, 4.69) is 27.9 Å². The Hall–Kier alpha value is -1.76. The van der Waals surface area contributed by atoms with Crippen molar-refractivity contribution < 1.29 is 9.53 Å². The number of hydrogen-bond acceptors (Lipinski definition) is 3. The average molecular weight is 382 g/mol. The number of aryl methyl sites for hydroxylation is 1. The Morgan fingerprint density at radius 3 is 2.75 bits per heavy atom. The molecule has 0 bridgehead atoms. The van der Waals surface area contributed by atoms with Crippen LogP contribution in [-0.2, 0) is 0 Å². The van der Waals surface area contributed by atoms with Gasteiger partial charge in [0.05, 0.1) is 18.4 Å². The molecular formula is C15H15IN2O2. The molecule has 0 saturated heterocycles. The number of hydrogen-bond donors (Lipinski definition) is 2. The lowest BCUT2D eigenvalue weighted by molar-refractivity contribution is 0.102. The van der Waals surface area contributed by atoms with Crippen LogP contribution in [0.5, 0.6) is 5.75 Å². The van der Waals surface area contributed by atoms with Gasteiger partial charge in [-0.2, -0.15) is 0 Å². The number of methoxy groups -OCH3 is 1. The molecule has 0 unspecified atom stereocenters. The first-order valence-corrected chi connectivity index (χ1v) is 7.10. The number of carbonyl (C=O) groups excluding carboxylic acids is 1. The van der Waals surface area contributed by atoms with Gasteiger partial charge in [0.1, 0.15) is 5.75 Å². The highest BCUT2D eigenvalue weighted by Crippen LogP contribution is 2.27. The van der Waals surface area contributed by atoms with Crippen LogP contribution in [0.2, 0.25) is 0 Å². The highest BCUT2D eigenvalue weighted by molar-refractivity contribution is 14.1. The summed E-state index contributed by atoms with van der Waals surface area (Å²) in [5, 5.41) is 2.85. The zero-order chi connectivity index (χ0) is 14.7. The second-order valence-electron chi connectivity index (χ2n) is 4.35. The number of ether oxygens (including phenoxy) is 1. The number of anilines is 2. The molecule has 0 aliphatic rings. The van der Waals surface area contributed by atoms with E-state index in [0.29, 0.717) is 22.7 Å². The third kappa shape index (κ3) is 3.04. The fourth-order valence-electron chi connectivity index (χ4n) is 1.82. The van der Waals surface area contributed by atoms with Gasteiger partial charge in [0.15, 0.2) is 0 Å². The summed E-state index contributed by atoms with van der Waals surface area (Å²) >= 11 is 2.17. The fourth-order valence-corrected chi connectivity index (χ4v) is 2.43. The van der Waals surface area contributed by atoms with Crippen LogP contribution in [0.25, 0.3) is 0 Å². The molecule has 3 N–H and O–H groups in total. The molecule has 0 radical (unpaired) electrons. The molecule has 0 spiro atoms. The maximum Gasteiger partial charge on any atom is 0.256 e. The summed E-state index contributed by atoms with van der Waals surface area (Å²) in [4.78, 5) is 12.3. The van der Waals surface area contributed by atoms with Gasteiger partial charge in [-0.1, -0.05) is 12.1 Å². The fraction of sp³-hybridized carbons (Fsp3) is 0.133. The van der Waals surface area contributed by atoms with E-state index in [9.17, 15) is 4.79 Å². The summed E-state index contributed by atoms with van der Waals surface area (Å²) in [6, 6.07) is 10.8. The van der Waals surface area contributed by atoms with Crippen molar-refractivity contribution in [3.8, 4) is 5.75 Å². The minimum absolute atomic E-state index is 0.166. The average Bonchev–Trinajstić information content (AvgIpc) is 2.43. The Kier molecular flexibility index (Phi) is 4.49. The molecule has 0 saturated carbocycles. The van der Waals surface area contributed by atoms with Crippen LogP contribution in [0.15, 0.2) is 36.4 Å². The van der Waals surface area contributed by atoms with Crippen LogP contribution in [0.1, 0.15) is 15.9 Å². The number of amides is 1. The van der Waals surface area contributed by atoms with Gasteiger partial charge in [0.25, 0.3) is 5.91 Å². The lowest BCUT2D eigenvalue weighted by atomic mass is 10.1. The smallest absolute Gasteiger partial charge is 0.256 e. The molecule has 20 heavy (non-hydrogen) atoms. The van der Waals surface area contributed by atoms with Crippen LogP contribution in [0.4, 0.5) is 11.4 Å². The van der Waals surface area contributed by atoms with Gasteiger partial charge in [-0.25, -0.2) is 0 Å². The van der Waals surface area contributed by atoms with Crippen LogP contribution in [-0.4, -0.2) is 13.0 Å². The highest BCUT2D eigenvalue weighted by atomic mass is 127. The van der Waals surface area contributed by atoms with Gasteiger partial charge in [-0.3, -0.25) is 4.79 Å². The summed E-state index contributed by atoms with van der Waals surface area (Å²) in [6.45, 7) is 1.97. The number of nitrogens with one attached hydrogen (secondary N) is 1. The van der Waals surface area contributed by atoms with Crippen LogP contribution in [0, 0.1) is 10.5 Å². The summed E-state index contributed by atoms with van der Waals surface area (Å²) in [7, 11) is 1.54. The molecule has 2 aromatic rings. The Balaban J connectivity index is 2.30. The second-order valence-corrected chi connectivity index (χ2v) is 5.43. The molecular weight excluding hydrogens is 367 g/mol. The van der Waals surface area contributed by atoms with Crippen molar-refractivity contribution in [2.45, 2.75) is 6.92 Å². The highest BCUT2D eigenvalue weighted by Gasteiger charge is 2.13. The summed E-state index contributed by atoms with van der Waals surface area (Å²) in [5.41, 5.74) is 8.60. The van der Waals surface area contributed by atoms with Crippen molar-refractivity contribution in [1.29, 1.82) is 0 Å². The Bertz CT molecular complexity index is 656. The van der Waals surface area contributed by atoms with Crippen molar-refractivity contribution in [2.24, 2.45) is 0 Å². The number of rotatable bonds is 3. The quantitative estimate of drug-likeness (QED) is 0.632. The minimum atomic E-state index is -0.166. The van der Waals surface area contributed by atoms with Crippen molar-refractivity contribution >= 4 is 39.9 Å². The van der Waals surface area contributed by atoms with E-state index in [0.717, 1.165) is 9.13 Å². The maximum absolute atomic E-state index is 12.3. The van der Waals surface area contributed by atoms with Crippen LogP contribution < -0.4 is 15.8 Å². The topological polar surface area (TPSA) is 64.3 Å². The van der Waals surface area contributed by atoms with Gasteiger partial charge in [-0.05, 0) is 53.3 Å². The van der Waals surface area contributed by atoms with E-state index in [4.69, 9.17) is 10.5 Å². The number of benzene rings is 2. The van der Waals surface area contributed by atoms with E-state index < -0.39 is 0 Å². The molecule has 0 aliphatic heterocycles. The summed E-state index contributed by atoms with van der Waals surface area (Å²) in [5.74, 6) is 0.377. The van der Waals surface area contributed by atoms with Gasteiger partial charge in [0, 0.05) is 15.3 Å². The standard InChI is InChI=1S/C15H15IN2O2/c1-9-4-3-5-11(14(9)16)15(19)18-12-7-6-10(17)8-13(12)20-2/h3-8H,17H2,1-2H3,(H,18,19). The van der Waals surface area contributed by atoms with Crippen molar-refractivity contribution in [3.05, 3.63) is 51.1 Å². The maximum atomic E-state index is 12.3. The Morgan fingerprint density at radius 2 is 2.05 bits per heavy atom. The van der Waals surface area contributed by atoms with Crippen LogP contribution in [0.3, 0.4) is 0 Å². The SMILES string of the molecule is COc1cc(N)ccc1NC(=O)c1cccc(C)c1I. The third-order valence-corrected chi connectivity index (χ3v) is 4.34. The lowest BCUT2D eigenvalue weighted by Crippen LogP contribution is -2.14. The molecule has 0 atom stereocenters. The van der Waals surface area contributed by atoms with Gasteiger partial charge in [-0.15, -0.1) is 0 Å². The Morgan fingerprint density at radius 1 is 1.30 bits per heavy atom. The van der Waals surface area contributed by atoms with E-state index in [1.807, 2.05) is 19.1 Å². The van der Waals surface area contributed by atoms with Gasteiger partial charge < -0.3 is 15.8 Å². The molecule has 0 aromatic heterocycles. The number of nitrogen functional groups attached to an aromatic ring is 1. The first kappa shape index (κ1) is 14.6. The number of halogens is 1. The molecule has 2 rings (SSSR count). The molecule has 2 aromatic carbocycles. The second kappa shape index (κ2) is 6.13. The molecule has 5 heteroatoms. The number of carbonyl (C=O) groups is 1. The van der Waals surface area contributed by atoms with E-state index in [1.54, 1.807) is 31.4 Å². The largest absolute Gasteiger partial charge is 0.494 e. The lowest BCUT2D eigenvalue weighted by Gasteiger charge is -2.12. The van der Waals surface area contributed by atoms with Crippen molar-refractivity contribution in [1.82, 2.24) is 0 Å². The number of nitrogens with two attached hydrogens (primary N) is 1. The molecule has 0 fully saturated rings. The summed E-state index contributed by atoms with van der Waals surface area (Å²) < 4.78 is 6.16. The van der Waals surface area contributed by atoms with Gasteiger partial charge in [0.2, 0.25) is 0 Å².